The summed E-state index contributed by atoms with van der Waals surface area (Å²) in [5.74, 6) is -0.106. The first-order valence-electron chi connectivity index (χ1n) is 8.21. The summed E-state index contributed by atoms with van der Waals surface area (Å²) in [6, 6.07) is 7.85. The number of carboxylic acid groups (broad SMARTS) is 1. The highest BCUT2D eigenvalue weighted by molar-refractivity contribution is 5.77. The molecule has 0 heterocycles. The van der Waals surface area contributed by atoms with Crippen LogP contribution in [0.3, 0.4) is 0 Å². The van der Waals surface area contributed by atoms with Gasteiger partial charge in [0.25, 0.3) is 0 Å². The highest BCUT2D eigenvalue weighted by atomic mass is 16.5. The van der Waals surface area contributed by atoms with Gasteiger partial charge in [-0.05, 0) is 37.5 Å². The van der Waals surface area contributed by atoms with Gasteiger partial charge in [0.2, 0.25) is 5.91 Å². The van der Waals surface area contributed by atoms with Crippen molar-refractivity contribution < 1.29 is 24.2 Å². The number of nitrogens with zero attached hydrogens (tertiary/aromatic N) is 1. The van der Waals surface area contributed by atoms with E-state index in [-0.39, 0.29) is 18.9 Å². The van der Waals surface area contributed by atoms with Crippen molar-refractivity contribution in [3.8, 4) is 5.75 Å². The topological polar surface area (TPSA) is 76.1 Å². The third kappa shape index (κ3) is 8.53. The summed E-state index contributed by atoms with van der Waals surface area (Å²) >= 11 is 0. The van der Waals surface area contributed by atoms with Crippen molar-refractivity contribution >= 4 is 11.9 Å². The normalized spacial score (nSPS) is 10.4. The molecule has 1 amide bonds. The van der Waals surface area contributed by atoms with Gasteiger partial charge in [-0.25, -0.2) is 0 Å². The summed E-state index contributed by atoms with van der Waals surface area (Å²) < 4.78 is 10.6. The van der Waals surface area contributed by atoms with Gasteiger partial charge in [-0.15, -0.1) is 0 Å². The molecule has 1 N–H and O–H groups in total. The number of hydrogen-bond acceptors (Lipinski definition) is 4. The molecule has 1 aromatic rings. The van der Waals surface area contributed by atoms with E-state index in [1.165, 1.54) is 0 Å². The Kier molecular flexibility index (Phi) is 9.53. The third-order valence-corrected chi connectivity index (χ3v) is 3.56. The lowest BCUT2D eigenvalue weighted by atomic mass is 10.2. The molecule has 0 atom stereocenters. The third-order valence-electron chi connectivity index (χ3n) is 3.56. The molecule has 24 heavy (non-hydrogen) atoms. The number of carbonyl (C=O) groups excluding carboxylic acids is 1. The first-order valence-corrected chi connectivity index (χ1v) is 8.21. The van der Waals surface area contributed by atoms with Crippen LogP contribution in [0.2, 0.25) is 0 Å². The SMILES string of the molecule is COCCN(CCC(=O)O)C(=O)CCCCOc1cccc(C)c1. The van der Waals surface area contributed by atoms with Crippen molar-refractivity contribution in [3.05, 3.63) is 29.8 Å². The molecule has 1 aromatic carbocycles. The second-order valence-corrected chi connectivity index (χ2v) is 5.64. The van der Waals surface area contributed by atoms with Crippen molar-refractivity contribution in [1.29, 1.82) is 0 Å². The molecule has 0 aromatic heterocycles. The van der Waals surface area contributed by atoms with Crippen LogP contribution < -0.4 is 4.74 Å². The molecular formula is C18H27NO5. The first kappa shape index (κ1) is 20.0. The number of aliphatic carboxylic acids is 1. The van der Waals surface area contributed by atoms with Crippen LogP contribution in [-0.4, -0.2) is 55.3 Å². The number of benzene rings is 1. The van der Waals surface area contributed by atoms with Crippen LogP contribution in [0.1, 0.15) is 31.2 Å². The molecule has 1 rings (SSSR count). The van der Waals surface area contributed by atoms with E-state index in [0.29, 0.717) is 32.6 Å². The maximum absolute atomic E-state index is 12.2. The molecule has 0 spiro atoms. The zero-order valence-electron chi connectivity index (χ0n) is 14.5. The van der Waals surface area contributed by atoms with Gasteiger partial charge in [0.1, 0.15) is 5.75 Å². The summed E-state index contributed by atoms with van der Waals surface area (Å²) in [6.45, 7) is 3.61. The summed E-state index contributed by atoms with van der Waals surface area (Å²) in [6.07, 6.45) is 1.82. The summed E-state index contributed by atoms with van der Waals surface area (Å²) in [5, 5.41) is 8.76. The van der Waals surface area contributed by atoms with Gasteiger partial charge in [-0.2, -0.15) is 0 Å². The zero-order chi connectivity index (χ0) is 17.8. The van der Waals surface area contributed by atoms with E-state index in [4.69, 9.17) is 14.6 Å². The average molecular weight is 337 g/mol. The van der Waals surface area contributed by atoms with Gasteiger partial charge in [0.15, 0.2) is 0 Å². The smallest absolute Gasteiger partial charge is 0.305 e. The van der Waals surface area contributed by atoms with Gasteiger partial charge >= 0.3 is 5.97 Å². The number of ether oxygens (including phenoxy) is 2. The number of unbranched alkanes of at least 4 members (excludes halogenated alkanes) is 1. The second kappa shape index (κ2) is 11.5. The number of aryl methyl sites for hydroxylation is 1. The van der Waals surface area contributed by atoms with Crippen molar-refractivity contribution in [3.63, 3.8) is 0 Å². The van der Waals surface area contributed by atoms with E-state index in [1.807, 2.05) is 31.2 Å². The zero-order valence-corrected chi connectivity index (χ0v) is 14.5. The Morgan fingerprint density at radius 1 is 1.12 bits per heavy atom. The van der Waals surface area contributed by atoms with Gasteiger partial charge in [0, 0.05) is 26.6 Å². The van der Waals surface area contributed by atoms with Crippen molar-refractivity contribution in [2.24, 2.45) is 0 Å². The molecule has 0 unspecified atom stereocenters. The van der Waals surface area contributed by atoms with Crippen LogP contribution in [0.15, 0.2) is 24.3 Å². The number of methoxy groups -OCH3 is 1. The van der Waals surface area contributed by atoms with E-state index < -0.39 is 5.97 Å². The molecule has 134 valence electrons. The number of amides is 1. The second-order valence-electron chi connectivity index (χ2n) is 5.64. The predicted molar refractivity (Wildman–Crippen MR) is 91.2 cm³/mol. The maximum atomic E-state index is 12.2. The largest absolute Gasteiger partial charge is 0.494 e. The molecule has 0 aliphatic carbocycles. The molecule has 0 aliphatic rings. The van der Waals surface area contributed by atoms with Crippen LogP contribution in [0.5, 0.6) is 5.75 Å². The molecule has 0 fully saturated rings. The molecule has 6 heteroatoms. The van der Waals surface area contributed by atoms with Gasteiger partial charge < -0.3 is 19.5 Å². The fraction of sp³-hybridized carbons (Fsp3) is 0.556. The minimum absolute atomic E-state index is 0.0381. The maximum Gasteiger partial charge on any atom is 0.305 e. The van der Waals surface area contributed by atoms with Crippen LogP contribution in [-0.2, 0) is 14.3 Å². The lowest BCUT2D eigenvalue weighted by Gasteiger charge is -2.21. The molecule has 0 saturated heterocycles. The van der Waals surface area contributed by atoms with E-state index >= 15 is 0 Å². The molecule has 0 saturated carbocycles. The van der Waals surface area contributed by atoms with Crippen molar-refractivity contribution in [2.75, 3.05) is 33.4 Å². The van der Waals surface area contributed by atoms with E-state index in [1.54, 1.807) is 12.0 Å². The fourth-order valence-corrected chi connectivity index (χ4v) is 2.22. The Morgan fingerprint density at radius 3 is 2.58 bits per heavy atom. The predicted octanol–water partition coefficient (Wildman–Crippen LogP) is 2.49. The Balaban J connectivity index is 2.27. The monoisotopic (exact) mass is 337 g/mol. The van der Waals surface area contributed by atoms with Crippen molar-refractivity contribution in [1.82, 2.24) is 4.90 Å². The van der Waals surface area contributed by atoms with E-state index in [9.17, 15) is 9.59 Å². The molecule has 0 aliphatic heterocycles. The van der Waals surface area contributed by atoms with Crippen molar-refractivity contribution in [2.45, 2.75) is 32.6 Å². The van der Waals surface area contributed by atoms with E-state index in [2.05, 4.69) is 0 Å². The van der Waals surface area contributed by atoms with Gasteiger partial charge in [-0.3, -0.25) is 9.59 Å². The molecule has 0 radical (unpaired) electrons. The Hall–Kier alpha value is -2.08. The Morgan fingerprint density at radius 2 is 1.92 bits per heavy atom. The Bertz CT molecular complexity index is 518. The van der Waals surface area contributed by atoms with Crippen LogP contribution in [0, 0.1) is 6.92 Å². The molecule has 6 nitrogen and oxygen atoms in total. The summed E-state index contributed by atoms with van der Waals surface area (Å²) in [4.78, 5) is 24.4. The average Bonchev–Trinajstić information content (AvgIpc) is 2.54. The lowest BCUT2D eigenvalue weighted by Crippen LogP contribution is -2.35. The van der Waals surface area contributed by atoms with Gasteiger partial charge in [-0.1, -0.05) is 12.1 Å². The summed E-state index contributed by atoms with van der Waals surface area (Å²) in [5.41, 5.74) is 1.15. The Labute approximate surface area is 143 Å². The van der Waals surface area contributed by atoms with Crippen LogP contribution in [0.4, 0.5) is 0 Å². The number of carbonyl (C=O) groups is 2. The highest BCUT2D eigenvalue weighted by Crippen LogP contribution is 2.13. The number of carboxylic acids is 1. The molecular weight excluding hydrogens is 310 g/mol. The number of hydrogen-bond donors (Lipinski definition) is 1. The summed E-state index contributed by atoms with van der Waals surface area (Å²) in [7, 11) is 1.56. The fourth-order valence-electron chi connectivity index (χ4n) is 2.22. The van der Waals surface area contributed by atoms with Crippen LogP contribution >= 0.6 is 0 Å². The highest BCUT2D eigenvalue weighted by Gasteiger charge is 2.14. The molecule has 0 bridgehead atoms. The number of rotatable bonds is 12. The van der Waals surface area contributed by atoms with Crippen LogP contribution in [0.25, 0.3) is 0 Å². The first-order chi connectivity index (χ1) is 11.5. The standard InChI is InChI=1S/C18H27NO5/c1-15-6-5-7-16(14-15)24-12-4-3-8-17(20)19(11-13-23-2)10-9-18(21)22/h5-7,14H,3-4,8-13H2,1-2H3,(H,21,22). The van der Waals surface area contributed by atoms with E-state index in [0.717, 1.165) is 17.7 Å². The van der Waals surface area contributed by atoms with Gasteiger partial charge in [0.05, 0.1) is 19.6 Å². The lowest BCUT2D eigenvalue weighted by molar-refractivity contribution is -0.138. The minimum atomic E-state index is -0.906. The minimum Gasteiger partial charge on any atom is -0.494 e. The quantitative estimate of drug-likeness (QED) is 0.593.